The van der Waals surface area contributed by atoms with Crippen LogP contribution in [0.2, 0.25) is 0 Å². The van der Waals surface area contributed by atoms with Gasteiger partial charge in [0.05, 0.1) is 21.3 Å². The summed E-state index contributed by atoms with van der Waals surface area (Å²) in [5.41, 5.74) is -5.14. The number of carboxylic acids is 1. The number of aromatic carboxylic acids is 1. The zero-order valence-corrected chi connectivity index (χ0v) is 10.9. The van der Waals surface area contributed by atoms with Crippen molar-refractivity contribution in [3.05, 3.63) is 22.5 Å². The standard InChI is InChI=1S/C10H8F5NO3S/c1-3-4(9(17)18)7(10(13,14)15)16-5(8(11)12)6(3)20(2)19/h8H,1-2H3,(H,17,18). The van der Waals surface area contributed by atoms with Crippen molar-refractivity contribution >= 4 is 16.8 Å². The van der Waals surface area contributed by atoms with Gasteiger partial charge in [0.1, 0.15) is 5.69 Å². The molecule has 1 atom stereocenters. The number of aromatic nitrogens is 1. The molecule has 0 bridgehead atoms. The van der Waals surface area contributed by atoms with E-state index >= 15 is 0 Å². The van der Waals surface area contributed by atoms with Crippen LogP contribution in [0, 0.1) is 6.92 Å². The highest BCUT2D eigenvalue weighted by Crippen LogP contribution is 2.37. The van der Waals surface area contributed by atoms with Crippen LogP contribution < -0.4 is 0 Å². The molecular weight excluding hydrogens is 309 g/mol. The van der Waals surface area contributed by atoms with Gasteiger partial charge in [-0.15, -0.1) is 0 Å². The van der Waals surface area contributed by atoms with Crippen LogP contribution in [0.3, 0.4) is 0 Å². The summed E-state index contributed by atoms with van der Waals surface area (Å²) in [6.45, 7) is 0.892. The Bertz CT molecular complexity index is 585. The zero-order chi connectivity index (χ0) is 15.8. The average Bonchev–Trinajstić information content (AvgIpc) is 2.24. The van der Waals surface area contributed by atoms with Gasteiger partial charge < -0.3 is 5.11 Å². The van der Waals surface area contributed by atoms with E-state index in [4.69, 9.17) is 5.11 Å². The highest BCUT2D eigenvalue weighted by molar-refractivity contribution is 7.84. The van der Waals surface area contributed by atoms with Crippen molar-refractivity contribution in [2.45, 2.75) is 24.4 Å². The Balaban J connectivity index is 3.90. The van der Waals surface area contributed by atoms with Gasteiger partial charge in [-0.2, -0.15) is 13.2 Å². The van der Waals surface area contributed by atoms with Crippen LogP contribution in [-0.2, 0) is 17.0 Å². The molecule has 20 heavy (non-hydrogen) atoms. The van der Waals surface area contributed by atoms with Crippen molar-refractivity contribution in [2.24, 2.45) is 0 Å². The summed E-state index contributed by atoms with van der Waals surface area (Å²) in [4.78, 5) is 12.9. The second-order valence-corrected chi connectivity index (χ2v) is 5.05. The number of carboxylic acid groups (broad SMARTS) is 1. The first-order valence-corrected chi connectivity index (χ1v) is 6.50. The SMILES string of the molecule is Cc1c(C(=O)O)c(C(F)(F)F)nc(C(F)F)c1S(C)=O. The van der Waals surface area contributed by atoms with Crippen LogP contribution in [0.15, 0.2) is 4.90 Å². The molecule has 0 aliphatic heterocycles. The topological polar surface area (TPSA) is 67.3 Å². The van der Waals surface area contributed by atoms with Crippen LogP contribution in [0.1, 0.15) is 33.7 Å². The monoisotopic (exact) mass is 317 g/mol. The van der Waals surface area contributed by atoms with Crippen LogP contribution >= 0.6 is 0 Å². The van der Waals surface area contributed by atoms with Gasteiger partial charge in [-0.3, -0.25) is 4.21 Å². The fourth-order valence-corrected chi connectivity index (χ4v) is 2.65. The minimum absolute atomic E-state index is 0.629. The summed E-state index contributed by atoms with van der Waals surface area (Å²) < 4.78 is 75.1. The first-order chi connectivity index (χ1) is 8.98. The number of hydrogen-bond acceptors (Lipinski definition) is 3. The van der Waals surface area contributed by atoms with E-state index in [1.807, 2.05) is 0 Å². The normalized spacial score (nSPS) is 13.6. The molecule has 0 saturated carbocycles. The van der Waals surface area contributed by atoms with Gasteiger partial charge in [-0.1, -0.05) is 0 Å². The van der Waals surface area contributed by atoms with Gasteiger partial charge >= 0.3 is 12.1 Å². The molecule has 112 valence electrons. The Morgan fingerprint density at radius 3 is 2.15 bits per heavy atom. The summed E-state index contributed by atoms with van der Waals surface area (Å²) in [6.07, 6.45) is -7.67. The maximum atomic E-state index is 12.8. The number of pyridine rings is 1. The van der Waals surface area contributed by atoms with E-state index in [1.165, 1.54) is 0 Å². The lowest BCUT2D eigenvalue weighted by molar-refractivity contribution is -0.142. The molecule has 4 nitrogen and oxygen atoms in total. The van der Waals surface area contributed by atoms with E-state index in [-0.39, 0.29) is 0 Å². The molecule has 0 amide bonds. The summed E-state index contributed by atoms with van der Waals surface area (Å²) in [5.74, 6) is -1.98. The summed E-state index contributed by atoms with van der Waals surface area (Å²) in [7, 11) is -2.11. The van der Waals surface area contributed by atoms with Crippen LogP contribution in [-0.4, -0.2) is 26.5 Å². The fraction of sp³-hybridized carbons (Fsp3) is 0.400. The number of alkyl halides is 5. The Morgan fingerprint density at radius 1 is 1.35 bits per heavy atom. The van der Waals surface area contributed by atoms with Gasteiger partial charge in [-0.05, 0) is 12.5 Å². The van der Waals surface area contributed by atoms with Crippen molar-refractivity contribution in [3.63, 3.8) is 0 Å². The van der Waals surface area contributed by atoms with E-state index in [0.717, 1.165) is 13.2 Å². The molecule has 1 unspecified atom stereocenters. The number of hydrogen-bond donors (Lipinski definition) is 1. The minimum atomic E-state index is -5.21. The van der Waals surface area contributed by atoms with E-state index in [1.54, 1.807) is 0 Å². The number of nitrogens with zero attached hydrogens (tertiary/aromatic N) is 1. The predicted molar refractivity (Wildman–Crippen MR) is 58.2 cm³/mol. The molecular formula is C10H8F5NO3S. The Morgan fingerprint density at radius 2 is 1.85 bits per heavy atom. The van der Waals surface area contributed by atoms with Crippen molar-refractivity contribution in [1.29, 1.82) is 0 Å². The minimum Gasteiger partial charge on any atom is -0.478 e. The second kappa shape index (κ2) is 5.43. The van der Waals surface area contributed by atoms with Crippen LogP contribution in [0.4, 0.5) is 22.0 Å². The van der Waals surface area contributed by atoms with E-state index in [9.17, 15) is 31.0 Å². The van der Waals surface area contributed by atoms with Gasteiger partial charge in [0.15, 0.2) is 5.69 Å². The van der Waals surface area contributed by atoms with Gasteiger partial charge in [-0.25, -0.2) is 18.6 Å². The molecule has 0 aliphatic carbocycles. The smallest absolute Gasteiger partial charge is 0.434 e. The quantitative estimate of drug-likeness (QED) is 0.871. The second-order valence-electron chi connectivity index (χ2n) is 3.73. The Labute approximate surface area is 112 Å². The fourth-order valence-electron chi connectivity index (χ4n) is 1.69. The predicted octanol–water partition coefficient (Wildman–Crippen LogP) is 2.78. The first kappa shape index (κ1) is 16.5. The number of halogens is 5. The molecule has 10 heteroatoms. The molecule has 1 N–H and O–H groups in total. The zero-order valence-electron chi connectivity index (χ0n) is 10.1. The van der Waals surface area contributed by atoms with E-state index < -0.39 is 56.8 Å². The Kier molecular flexibility index (Phi) is 4.47. The number of rotatable bonds is 3. The van der Waals surface area contributed by atoms with Crippen molar-refractivity contribution in [2.75, 3.05) is 6.26 Å². The molecule has 0 aliphatic rings. The lowest BCUT2D eigenvalue weighted by Crippen LogP contribution is -2.21. The third-order valence-electron chi connectivity index (χ3n) is 2.39. The molecule has 1 heterocycles. The van der Waals surface area contributed by atoms with Crippen LogP contribution in [0.5, 0.6) is 0 Å². The molecule has 0 aromatic carbocycles. The molecule has 0 saturated heterocycles. The third kappa shape index (κ3) is 2.94. The van der Waals surface area contributed by atoms with E-state index in [0.29, 0.717) is 0 Å². The lowest BCUT2D eigenvalue weighted by Gasteiger charge is -2.17. The first-order valence-electron chi connectivity index (χ1n) is 4.95. The lowest BCUT2D eigenvalue weighted by atomic mass is 10.1. The molecule has 0 spiro atoms. The molecule has 0 radical (unpaired) electrons. The molecule has 0 fully saturated rings. The van der Waals surface area contributed by atoms with Gasteiger partial charge in [0.2, 0.25) is 0 Å². The van der Waals surface area contributed by atoms with Crippen LogP contribution in [0.25, 0.3) is 0 Å². The van der Waals surface area contributed by atoms with Gasteiger partial charge in [0.25, 0.3) is 6.43 Å². The molecule has 1 rings (SSSR count). The molecule has 1 aromatic heterocycles. The van der Waals surface area contributed by atoms with Crippen molar-refractivity contribution in [1.82, 2.24) is 4.98 Å². The third-order valence-corrected chi connectivity index (χ3v) is 3.48. The molecule has 1 aromatic rings. The maximum Gasteiger partial charge on any atom is 0.434 e. The summed E-state index contributed by atoms with van der Waals surface area (Å²) >= 11 is 0. The van der Waals surface area contributed by atoms with E-state index in [2.05, 4.69) is 4.98 Å². The highest BCUT2D eigenvalue weighted by Gasteiger charge is 2.41. The highest BCUT2D eigenvalue weighted by atomic mass is 32.2. The Hall–Kier alpha value is -1.58. The van der Waals surface area contributed by atoms with Gasteiger partial charge in [0, 0.05) is 6.26 Å². The summed E-state index contributed by atoms with van der Waals surface area (Å²) in [6, 6.07) is 0. The maximum absolute atomic E-state index is 12.8. The average molecular weight is 317 g/mol. The largest absolute Gasteiger partial charge is 0.478 e. The van der Waals surface area contributed by atoms with Crippen molar-refractivity contribution < 1.29 is 36.1 Å². The summed E-state index contributed by atoms with van der Waals surface area (Å²) in [5, 5.41) is 8.82. The van der Waals surface area contributed by atoms with Crippen molar-refractivity contribution in [3.8, 4) is 0 Å². The number of carbonyl (C=O) groups is 1.